The van der Waals surface area contributed by atoms with Gasteiger partial charge < -0.3 is 15.0 Å². The number of nitrogens with one attached hydrogen (secondary N) is 1. The predicted molar refractivity (Wildman–Crippen MR) is 123 cm³/mol. The van der Waals surface area contributed by atoms with E-state index < -0.39 is 11.7 Å². The first-order valence-electron chi connectivity index (χ1n) is 10.3. The lowest BCUT2D eigenvalue weighted by Gasteiger charge is -2.22. The molecule has 2 aromatic rings. The largest absolute Gasteiger partial charge is 0.418 e. The molecule has 1 saturated heterocycles. The number of alkyl halides is 3. The summed E-state index contributed by atoms with van der Waals surface area (Å²) in [5, 5.41) is 7.72. The fraction of sp³-hybridized carbons (Fsp3) is 0.304. The molecule has 1 aliphatic heterocycles. The lowest BCUT2D eigenvalue weighted by molar-refractivity contribution is -0.137. The molecule has 0 saturated carbocycles. The van der Waals surface area contributed by atoms with Crippen LogP contribution in [0.1, 0.15) is 18.1 Å². The maximum atomic E-state index is 12.2. The number of hydrogen-bond donors (Lipinski definition) is 1. The van der Waals surface area contributed by atoms with Crippen LogP contribution in [-0.2, 0) is 20.6 Å². The molecule has 0 atom stereocenters. The minimum absolute atomic E-state index is 0.102. The Balaban J connectivity index is 0.000000287. The van der Waals surface area contributed by atoms with E-state index in [0.29, 0.717) is 31.7 Å². The summed E-state index contributed by atoms with van der Waals surface area (Å²) in [6, 6.07) is 13.1. The molecule has 3 rings (SSSR count). The number of hydrazone groups is 1. The van der Waals surface area contributed by atoms with Crippen molar-refractivity contribution in [3.8, 4) is 0 Å². The van der Waals surface area contributed by atoms with Gasteiger partial charge in [-0.05, 0) is 31.2 Å². The van der Waals surface area contributed by atoms with Crippen molar-refractivity contribution >= 4 is 35.9 Å². The lowest BCUT2D eigenvalue weighted by atomic mass is 10.2. The third-order valence-corrected chi connectivity index (χ3v) is 4.86. The summed E-state index contributed by atoms with van der Waals surface area (Å²) >= 11 is 0. The summed E-state index contributed by atoms with van der Waals surface area (Å²) < 4.78 is 36.6. The topological polar surface area (TPSA) is 85.3 Å². The number of carbonyl (C=O) groups is 3. The average molecular weight is 477 g/mol. The Bertz CT molecular complexity index is 1030. The number of para-hydroxylation sites is 1. The highest BCUT2D eigenvalue weighted by atomic mass is 19.4. The Hall–Kier alpha value is -3.89. The Morgan fingerprint density at radius 2 is 1.76 bits per heavy atom. The van der Waals surface area contributed by atoms with Crippen LogP contribution in [-0.4, -0.2) is 61.2 Å². The number of guanidine groups is 1. The first-order chi connectivity index (χ1) is 16.1. The molecule has 0 spiro atoms. The van der Waals surface area contributed by atoms with Gasteiger partial charge in [-0.15, -0.1) is 5.10 Å². The number of aldehydes is 1. The zero-order chi connectivity index (χ0) is 25.3. The molecule has 0 unspecified atom stereocenters. The SMILES string of the molecule is CC(=O)N(CC=O)/N=C1\N(C=O)CCN1c1ccc(C)cc1.CNc1ccccc1C(F)(F)F. The summed E-state index contributed by atoms with van der Waals surface area (Å²) in [6.45, 7) is 4.22. The molecule has 8 nitrogen and oxygen atoms in total. The van der Waals surface area contributed by atoms with Crippen molar-refractivity contribution in [2.75, 3.05) is 36.9 Å². The van der Waals surface area contributed by atoms with Crippen molar-refractivity contribution in [2.24, 2.45) is 5.10 Å². The normalized spacial score (nSPS) is 14.4. The number of carbonyl (C=O) groups excluding carboxylic acids is 3. The van der Waals surface area contributed by atoms with Crippen LogP contribution in [0.3, 0.4) is 0 Å². The quantitative estimate of drug-likeness (QED) is 0.510. The van der Waals surface area contributed by atoms with E-state index in [1.165, 1.54) is 31.0 Å². The summed E-state index contributed by atoms with van der Waals surface area (Å²) in [5.74, 6) is -0.0166. The summed E-state index contributed by atoms with van der Waals surface area (Å²) in [6.07, 6.45) is -3.01. The van der Waals surface area contributed by atoms with Gasteiger partial charge in [-0.25, -0.2) is 5.01 Å². The second-order valence-corrected chi connectivity index (χ2v) is 7.25. The van der Waals surface area contributed by atoms with Gasteiger partial charge in [0.1, 0.15) is 12.8 Å². The highest BCUT2D eigenvalue weighted by Gasteiger charge is 2.32. The second kappa shape index (κ2) is 11.8. The Morgan fingerprint density at radius 3 is 2.26 bits per heavy atom. The first kappa shape index (κ1) is 26.4. The molecule has 2 aromatic carbocycles. The fourth-order valence-corrected chi connectivity index (χ4v) is 3.11. The Kier molecular flexibility index (Phi) is 9.17. The van der Waals surface area contributed by atoms with Gasteiger partial charge in [-0.1, -0.05) is 29.8 Å². The molecular formula is C23H26F3N5O3. The first-order valence-corrected chi connectivity index (χ1v) is 10.3. The molecule has 11 heteroatoms. The van der Waals surface area contributed by atoms with Crippen molar-refractivity contribution in [3.63, 3.8) is 0 Å². The molecule has 0 radical (unpaired) electrons. The van der Waals surface area contributed by atoms with Crippen LogP contribution < -0.4 is 10.2 Å². The third kappa shape index (κ3) is 6.80. The van der Waals surface area contributed by atoms with Gasteiger partial charge in [0.25, 0.3) is 0 Å². The van der Waals surface area contributed by atoms with E-state index in [1.54, 1.807) is 6.07 Å². The highest BCUT2D eigenvalue weighted by Crippen LogP contribution is 2.34. The van der Waals surface area contributed by atoms with E-state index in [1.807, 2.05) is 36.1 Å². The monoisotopic (exact) mass is 477 g/mol. The van der Waals surface area contributed by atoms with Crippen LogP contribution in [0.2, 0.25) is 0 Å². The van der Waals surface area contributed by atoms with Crippen LogP contribution in [0.25, 0.3) is 0 Å². The van der Waals surface area contributed by atoms with Crippen molar-refractivity contribution in [3.05, 3.63) is 59.7 Å². The molecule has 1 heterocycles. The van der Waals surface area contributed by atoms with Crippen LogP contribution in [0, 0.1) is 6.92 Å². The van der Waals surface area contributed by atoms with Crippen LogP contribution in [0.15, 0.2) is 53.6 Å². The van der Waals surface area contributed by atoms with E-state index in [-0.39, 0.29) is 18.1 Å². The molecule has 182 valence electrons. The zero-order valence-electron chi connectivity index (χ0n) is 19.0. The molecule has 0 aliphatic carbocycles. The molecule has 0 aromatic heterocycles. The number of nitrogens with zero attached hydrogens (tertiary/aromatic N) is 4. The van der Waals surface area contributed by atoms with Gasteiger partial charge >= 0.3 is 6.18 Å². The highest BCUT2D eigenvalue weighted by molar-refractivity contribution is 6.03. The van der Waals surface area contributed by atoms with E-state index in [0.717, 1.165) is 22.3 Å². The Morgan fingerprint density at radius 1 is 1.12 bits per heavy atom. The summed E-state index contributed by atoms with van der Waals surface area (Å²) in [5.41, 5.74) is 1.47. The number of halogens is 3. The molecule has 1 aliphatic rings. The van der Waals surface area contributed by atoms with Gasteiger partial charge in [0.15, 0.2) is 0 Å². The van der Waals surface area contributed by atoms with Crippen molar-refractivity contribution in [2.45, 2.75) is 20.0 Å². The molecular weight excluding hydrogens is 451 g/mol. The molecule has 1 fully saturated rings. The van der Waals surface area contributed by atoms with Crippen LogP contribution in [0.5, 0.6) is 0 Å². The van der Waals surface area contributed by atoms with Crippen LogP contribution in [0.4, 0.5) is 24.5 Å². The van der Waals surface area contributed by atoms with Gasteiger partial charge in [0.05, 0.1) is 5.56 Å². The minimum atomic E-state index is -4.28. The smallest absolute Gasteiger partial charge is 0.388 e. The standard InChI is InChI=1S/C15H18N4O3.C8H8F3N/c1-12-3-5-14(6-4-12)18-8-7-17(11-21)15(18)16-19(9-10-20)13(2)22;1-12-7-5-3-2-4-6(7)8(9,10)11/h3-6,10-11H,7-9H2,1-2H3;2-5,12H,1H3/b16-15+;. The maximum absolute atomic E-state index is 12.2. The molecule has 34 heavy (non-hydrogen) atoms. The van der Waals surface area contributed by atoms with Crippen molar-refractivity contribution in [1.29, 1.82) is 0 Å². The fourth-order valence-electron chi connectivity index (χ4n) is 3.11. The second-order valence-electron chi connectivity index (χ2n) is 7.25. The van der Waals surface area contributed by atoms with Gasteiger partial charge in [-0.2, -0.15) is 13.2 Å². The molecule has 0 bridgehead atoms. The molecule has 1 N–H and O–H groups in total. The van der Waals surface area contributed by atoms with Gasteiger partial charge in [0.2, 0.25) is 18.3 Å². The van der Waals surface area contributed by atoms with E-state index >= 15 is 0 Å². The third-order valence-electron chi connectivity index (χ3n) is 4.86. The number of rotatable bonds is 6. The van der Waals surface area contributed by atoms with Gasteiger partial charge in [0, 0.05) is 38.4 Å². The number of amides is 2. The number of aryl methyl sites for hydroxylation is 1. The molecule has 2 amide bonds. The van der Waals surface area contributed by atoms with Crippen molar-refractivity contribution < 1.29 is 27.6 Å². The number of hydrogen-bond acceptors (Lipinski definition) is 5. The van der Waals surface area contributed by atoms with Gasteiger partial charge in [-0.3, -0.25) is 14.5 Å². The number of benzene rings is 2. The predicted octanol–water partition coefficient (Wildman–Crippen LogP) is 3.34. The number of anilines is 2. The van der Waals surface area contributed by atoms with Crippen molar-refractivity contribution in [1.82, 2.24) is 9.91 Å². The zero-order valence-corrected chi connectivity index (χ0v) is 19.0. The summed E-state index contributed by atoms with van der Waals surface area (Å²) in [7, 11) is 1.46. The van der Waals surface area contributed by atoms with E-state index in [2.05, 4.69) is 10.4 Å². The Labute approximate surface area is 195 Å². The maximum Gasteiger partial charge on any atom is 0.418 e. The van der Waals surface area contributed by atoms with Crippen LogP contribution >= 0.6 is 0 Å². The summed E-state index contributed by atoms with van der Waals surface area (Å²) in [4.78, 5) is 36.7. The lowest BCUT2D eigenvalue weighted by Crippen LogP contribution is -2.37. The minimum Gasteiger partial charge on any atom is -0.388 e. The average Bonchev–Trinajstić information content (AvgIpc) is 3.21. The van der Waals surface area contributed by atoms with E-state index in [9.17, 15) is 27.6 Å². The van der Waals surface area contributed by atoms with E-state index in [4.69, 9.17) is 0 Å².